The summed E-state index contributed by atoms with van der Waals surface area (Å²) in [6.07, 6.45) is 0.348. The Labute approximate surface area is 59.0 Å². The summed E-state index contributed by atoms with van der Waals surface area (Å²) in [4.78, 5) is 10.5. The number of nitrogens with zero attached hydrogens (tertiary/aromatic N) is 1. The highest BCUT2D eigenvalue weighted by atomic mass is 16.5. The smallest absolute Gasteiger partial charge is 0.144 e. The normalized spacial score (nSPS) is 9.80. The largest absolute Gasteiger partial charge is 0.361 e. The minimum Gasteiger partial charge on any atom is -0.361 e. The molecule has 10 heavy (non-hydrogen) atoms. The van der Waals surface area contributed by atoms with E-state index in [4.69, 9.17) is 4.52 Å². The summed E-state index contributed by atoms with van der Waals surface area (Å²) in [5.74, 6) is 0.737. The van der Waals surface area contributed by atoms with E-state index >= 15 is 0 Å². The molecule has 0 aliphatic heterocycles. The van der Waals surface area contributed by atoms with Crippen LogP contribution in [0, 0.1) is 6.92 Å². The molecule has 54 valence electrons. The van der Waals surface area contributed by atoms with Gasteiger partial charge in [-0.25, -0.2) is 0 Å². The fraction of sp³-hybridized carbons (Fsp3) is 0.429. The number of ketones is 1. The summed E-state index contributed by atoms with van der Waals surface area (Å²) in [5.41, 5.74) is 0.816. The van der Waals surface area contributed by atoms with Crippen LogP contribution in [0.2, 0.25) is 0 Å². The van der Waals surface area contributed by atoms with Crippen LogP contribution in [0.1, 0.15) is 18.4 Å². The van der Waals surface area contributed by atoms with Crippen LogP contribution in [0.25, 0.3) is 0 Å². The zero-order valence-corrected chi connectivity index (χ0v) is 6.05. The second kappa shape index (κ2) is 2.64. The van der Waals surface area contributed by atoms with E-state index in [2.05, 4.69) is 5.16 Å². The second-order valence-electron chi connectivity index (χ2n) is 2.31. The molecule has 1 rings (SSSR count). The van der Waals surface area contributed by atoms with Crippen molar-refractivity contribution < 1.29 is 9.32 Å². The number of hydrogen-bond donors (Lipinski definition) is 0. The number of Topliss-reactive ketones (excluding diaryl/α,β-unsaturated/α-hetero) is 1. The predicted octanol–water partition coefficient (Wildman–Crippen LogP) is 1.11. The molecule has 0 spiro atoms. The van der Waals surface area contributed by atoms with Gasteiger partial charge in [0.05, 0.1) is 12.1 Å². The van der Waals surface area contributed by atoms with Gasteiger partial charge in [-0.15, -0.1) is 0 Å². The Morgan fingerprint density at radius 1 is 1.80 bits per heavy atom. The second-order valence-corrected chi connectivity index (χ2v) is 2.31. The molecule has 0 aliphatic carbocycles. The van der Waals surface area contributed by atoms with E-state index in [0.717, 1.165) is 5.69 Å². The lowest BCUT2D eigenvalue weighted by Crippen LogP contribution is -1.93. The van der Waals surface area contributed by atoms with Crippen molar-refractivity contribution in [1.29, 1.82) is 0 Å². The van der Waals surface area contributed by atoms with Crippen molar-refractivity contribution in [3.63, 3.8) is 0 Å². The average molecular weight is 139 g/mol. The summed E-state index contributed by atoms with van der Waals surface area (Å²) in [7, 11) is 0. The van der Waals surface area contributed by atoms with E-state index in [1.165, 1.54) is 6.92 Å². The maximum Gasteiger partial charge on any atom is 0.144 e. The predicted molar refractivity (Wildman–Crippen MR) is 35.6 cm³/mol. The Kier molecular flexibility index (Phi) is 1.85. The molecular weight excluding hydrogens is 130 g/mol. The highest BCUT2D eigenvalue weighted by Crippen LogP contribution is 2.02. The topological polar surface area (TPSA) is 43.1 Å². The van der Waals surface area contributed by atoms with Crippen molar-refractivity contribution in [2.75, 3.05) is 0 Å². The molecule has 0 N–H and O–H groups in total. The van der Waals surface area contributed by atoms with E-state index in [9.17, 15) is 4.79 Å². The first-order chi connectivity index (χ1) is 4.68. The molecule has 0 unspecified atom stereocenters. The highest BCUT2D eigenvalue weighted by molar-refractivity contribution is 5.77. The van der Waals surface area contributed by atoms with Crippen molar-refractivity contribution in [3.05, 3.63) is 17.5 Å². The molecule has 1 aromatic rings. The molecule has 1 heterocycles. The summed E-state index contributed by atoms with van der Waals surface area (Å²) in [5, 5.41) is 3.64. The number of carbonyl (C=O) groups is 1. The molecule has 3 heteroatoms. The van der Waals surface area contributed by atoms with Gasteiger partial charge in [0.2, 0.25) is 0 Å². The number of aryl methyl sites for hydroxylation is 1. The van der Waals surface area contributed by atoms with Gasteiger partial charge in [0.1, 0.15) is 11.5 Å². The van der Waals surface area contributed by atoms with E-state index in [0.29, 0.717) is 12.2 Å². The van der Waals surface area contributed by atoms with Crippen molar-refractivity contribution in [1.82, 2.24) is 5.16 Å². The van der Waals surface area contributed by atoms with Crippen molar-refractivity contribution in [3.8, 4) is 0 Å². The van der Waals surface area contributed by atoms with Crippen LogP contribution in [0.5, 0.6) is 0 Å². The Balaban J connectivity index is 2.67. The summed E-state index contributed by atoms with van der Waals surface area (Å²) >= 11 is 0. The summed E-state index contributed by atoms with van der Waals surface area (Å²) in [6.45, 7) is 3.35. The van der Waals surface area contributed by atoms with Gasteiger partial charge in [-0.05, 0) is 13.8 Å². The van der Waals surface area contributed by atoms with Gasteiger partial charge in [-0.3, -0.25) is 4.79 Å². The fourth-order valence-corrected chi connectivity index (χ4v) is 0.745. The number of rotatable bonds is 2. The molecule has 0 aromatic carbocycles. The molecule has 0 atom stereocenters. The van der Waals surface area contributed by atoms with Crippen LogP contribution >= 0.6 is 0 Å². The van der Waals surface area contributed by atoms with Crippen LogP contribution in [0.4, 0.5) is 0 Å². The molecule has 0 saturated carbocycles. The molecule has 0 fully saturated rings. The lowest BCUT2D eigenvalue weighted by molar-refractivity contribution is -0.116. The molecular formula is C7H9NO2. The summed E-state index contributed by atoms with van der Waals surface area (Å²) < 4.78 is 4.80. The van der Waals surface area contributed by atoms with Gasteiger partial charge in [0, 0.05) is 6.07 Å². The molecule has 0 bridgehead atoms. The average Bonchev–Trinajstić information content (AvgIpc) is 2.13. The Morgan fingerprint density at radius 3 is 2.90 bits per heavy atom. The van der Waals surface area contributed by atoms with E-state index in [1.54, 1.807) is 6.07 Å². The van der Waals surface area contributed by atoms with Gasteiger partial charge in [0.25, 0.3) is 0 Å². The van der Waals surface area contributed by atoms with Gasteiger partial charge >= 0.3 is 0 Å². The third kappa shape index (κ3) is 1.69. The standard InChI is InChI=1S/C7H9NO2/c1-5-3-7(10-8-5)4-6(2)9/h3H,4H2,1-2H3. The van der Waals surface area contributed by atoms with E-state index in [1.807, 2.05) is 6.92 Å². The van der Waals surface area contributed by atoms with Gasteiger partial charge in [0.15, 0.2) is 0 Å². The van der Waals surface area contributed by atoms with Gasteiger partial charge in [-0.1, -0.05) is 5.16 Å². The highest BCUT2D eigenvalue weighted by Gasteiger charge is 2.02. The van der Waals surface area contributed by atoms with Crippen molar-refractivity contribution >= 4 is 5.78 Å². The lowest BCUT2D eigenvalue weighted by Gasteiger charge is -1.84. The first kappa shape index (κ1) is 6.99. The Hall–Kier alpha value is -1.12. The quantitative estimate of drug-likeness (QED) is 0.616. The molecule has 0 aliphatic rings. The van der Waals surface area contributed by atoms with E-state index in [-0.39, 0.29) is 5.78 Å². The van der Waals surface area contributed by atoms with Crippen LogP contribution in [0.15, 0.2) is 10.6 Å². The molecule has 0 amide bonds. The molecule has 3 nitrogen and oxygen atoms in total. The molecule has 0 radical (unpaired) electrons. The monoisotopic (exact) mass is 139 g/mol. The zero-order chi connectivity index (χ0) is 7.56. The van der Waals surface area contributed by atoms with Crippen LogP contribution < -0.4 is 0 Å². The van der Waals surface area contributed by atoms with Crippen LogP contribution in [-0.2, 0) is 11.2 Å². The van der Waals surface area contributed by atoms with E-state index < -0.39 is 0 Å². The third-order valence-corrected chi connectivity index (χ3v) is 1.10. The summed E-state index contributed by atoms with van der Waals surface area (Å²) in [6, 6.07) is 1.77. The van der Waals surface area contributed by atoms with Crippen molar-refractivity contribution in [2.45, 2.75) is 20.3 Å². The number of aromatic nitrogens is 1. The third-order valence-electron chi connectivity index (χ3n) is 1.10. The number of hydrogen-bond acceptors (Lipinski definition) is 3. The molecule has 0 saturated heterocycles. The van der Waals surface area contributed by atoms with Crippen LogP contribution in [-0.4, -0.2) is 10.9 Å². The Morgan fingerprint density at radius 2 is 2.50 bits per heavy atom. The first-order valence-electron chi connectivity index (χ1n) is 3.10. The minimum atomic E-state index is 0.0937. The van der Waals surface area contributed by atoms with Crippen LogP contribution in [0.3, 0.4) is 0 Å². The first-order valence-corrected chi connectivity index (χ1v) is 3.10. The maximum absolute atomic E-state index is 10.5. The van der Waals surface area contributed by atoms with Gasteiger partial charge in [-0.2, -0.15) is 0 Å². The van der Waals surface area contributed by atoms with Crippen molar-refractivity contribution in [2.24, 2.45) is 0 Å². The Bertz CT molecular complexity index is 240. The molecule has 1 aromatic heterocycles. The maximum atomic E-state index is 10.5. The number of carbonyl (C=O) groups excluding carboxylic acids is 1. The van der Waals surface area contributed by atoms with Gasteiger partial charge < -0.3 is 4.52 Å². The minimum absolute atomic E-state index is 0.0937. The fourth-order valence-electron chi connectivity index (χ4n) is 0.745. The SMILES string of the molecule is CC(=O)Cc1cc(C)no1. The zero-order valence-electron chi connectivity index (χ0n) is 6.05. The lowest BCUT2D eigenvalue weighted by atomic mass is 10.2.